The molecule has 0 radical (unpaired) electrons. The Bertz CT molecular complexity index is 642. The highest BCUT2D eigenvalue weighted by Gasteiger charge is 2.24. The van der Waals surface area contributed by atoms with Gasteiger partial charge in [0.05, 0.1) is 12.6 Å². The molecule has 0 bridgehead atoms. The molecular weight excluding hydrogens is 346 g/mol. The third kappa shape index (κ3) is 6.56. The third-order valence-electron chi connectivity index (χ3n) is 4.62. The predicted molar refractivity (Wildman–Crippen MR) is 104 cm³/mol. The highest BCUT2D eigenvalue weighted by Crippen LogP contribution is 2.13. The lowest BCUT2D eigenvalue weighted by atomic mass is 10.0. The number of nitrogens with zero attached hydrogens (tertiary/aromatic N) is 1. The van der Waals surface area contributed by atoms with Crippen molar-refractivity contribution < 1.29 is 14.4 Å². The van der Waals surface area contributed by atoms with Gasteiger partial charge < -0.3 is 26.6 Å². The summed E-state index contributed by atoms with van der Waals surface area (Å²) in [5, 5.41) is 8.32. The molecule has 2 rings (SSSR count). The molecule has 8 heteroatoms. The summed E-state index contributed by atoms with van der Waals surface area (Å²) < 4.78 is 0. The van der Waals surface area contributed by atoms with Crippen LogP contribution in [-0.4, -0.2) is 54.5 Å². The highest BCUT2D eigenvalue weighted by atomic mass is 16.2. The molecule has 5 N–H and O–H groups in total. The molecule has 27 heavy (non-hydrogen) atoms. The number of nitrogens with two attached hydrogens (primary N) is 1. The number of hydrogen-bond acceptors (Lipinski definition) is 4. The van der Waals surface area contributed by atoms with Crippen molar-refractivity contribution >= 4 is 23.5 Å². The van der Waals surface area contributed by atoms with Crippen molar-refractivity contribution in [2.45, 2.75) is 38.8 Å². The van der Waals surface area contributed by atoms with Crippen LogP contribution in [0.15, 0.2) is 30.3 Å². The topological polar surface area (TPSA) is 117 Å². The number of amides is 4. The van der Waals surface area contributed by atoms with Gasteiger partial charge in [-0.2, -0.15) is 0 Å². The van der Waals surface area contributed by atoms with Gasteiger partial charge in [0.25, 0.3) is 0 Å². The highest BCUT2D eigenvalue weighted by molar-refractivity contribution is 5.89. The third-order valence-corrected chi connectivity index (χ3v) is 4.62. The molecule has 0 unspecified atom stereocenters. The molecule has 1 saturated heterocycles. The van der Waals surface area contributed by atoms with E-state index in [2.05, 4.69) is 16.0 Å². The van der Waals surface area contributed by atoms with Crippen LogP contribution in [-0.2, 0) is 9.59 Å². The van der Waals surface area contributed by atoms with Crippen LogP contribution in [0.2, 0.25) is 0 Å². The number of urea groups is 1. The minimum Gasteiger partial charge on any atom is -0.352 e. The Hall–Kier alpha value is -2.61. The number of benzene rings is 1. The molecule has 0 aliphatic carbocycles. The predicted octanol–water partition coefficient (Wildman–Crippen LogP) is 0.899. The van der Waals surface area contributed by atoms with Crippen LogP contribution in [0.1, 0.15) is 26.7 Å². The van der Waals surface area contributed by atoms with Crippen molar-refractivity contribution in [1.82, 2.24) is 15.5 Å². The van der Waals surface area contributed by atoms with E-state index in [1.54, 1.807) is 4.90 Å². The SMILES string of the molecule is CC(C)[C@H](N)C(=O)NCC(=O)NC1CCN(C(=O)Nc2ccccc2)CC1. The number of rotatable bonds is 6. The van der Waals surface area contributed by atoms with E-state index in [9.17, 15) is 14.4 Å². The molecule has 0 aromatic heterocycles. The summed E-state index contributed by atoms with van der Waals surface area (Å²) in [6.45, 7) is 4.74. The first-order valence-corrected chi connectivity index (χ1v) is 9.30. The molecule has 1 atom stereocenters. The van der Waals surface area contributed by atoms with E-state index in [0.29, 0.717) is 25.9 Å². The first kappa shape index (κ1) is 20.7. The summed E-state index contributed by atoms with van der Waals surface area (Å²) in [7, 11) is 0. The van der Waals surface area contributed by atoms with E-state index >= 15 is 0 Å². The smallest absolute Gasteiger partial charge is 0.321 e. The maximum atomic E-state index is 12.3. The van der Waals surface area contributed by atoms with Crippen LogP contribution in [0.25, 0.3) is 0 Å². The Morgan fingerprint density at radius 2 is 1.78 bits per heavy atom. The Morgan fingerprint density at radius 1 is 1.15 bits per heavy atom. The zero-order valence-corrected chi connectivity index (χ0v) is 15.9. The van der Waals surface area contributed by atoms with Gasteiger partial charge in [0, 0.05) is 24.8 Å². The second-order valence-electron chi connectivity index (χ2n) is 7.11. The van der Waals surface area contributed by atoms with E-state index < -0.39 is 6.04 Å². The van der Waals surface area contributed by atoms with Crippen LogP contribution >= 0.6 is 0 Å². The number of hydrogen-bond donors (Lipinski definition) is 4. The zero-order chi connectivity index (χ0) is 19.8. The van der Waals surface area contributed by atoms with E-state index in [4.69, 9.17) is 5.73 Å². The van der Waals surface area contributed by atoms with Crippen LogP contribution in [0.3, 0.4) is 0 Å². The summed E-state index contributed by atoms with van der Waals surface area (Å²) in [5.41, 5.74) is 6.50. The molecule has 1 aromatic rings. The molecule has 1 aliphatic rings. The largest absolute Gasteiger partial charge is 0.352 e. The molecule has 8 nitrogen and oxygen atoms in total. The van der Waals surface area contributed by atoms with Gasteiger partial charge in [-0.25, -0.2) is 4.79 Å². The molecule has 148 valence electrons. The maximum absolute atomic E-state index is 12.3. The minimum atomic E-state index is -0.621. The monoisotopic (exact) mass is 375 g/mol. The van der Waals surface area contributed by atoms with Crippen molar-refractivity contribution in [1.29, 1.82) is 0 Å². The van der Waals surface area contributed by atoms with Gasteiger partial charge in [0.2, 0.25) is 11.8 Å². The number of carbonyl (C=O) groups excluding carboxylic acids is 3. The fraction of sp³-hybridized carbons (Fsp3) is 0.526. The normalized spacial score (nSPS) is 15.9. The van der Waals surface area contributed by atoms with Gasteiger partial charge in [-0.3, -0.25) is 9.59 Å². The summed E-state index contributed by atoms with van der Waals surface area (Å²) in [6, 6.07) is 8.53. The number of likely N-dealkylation sites (tertiary alicyclic amines) is 1. The van der Waals surface area contributed by atoms with E-state index in [1.807, 2.05) is 44.2 Å². The molecule has 1 heterocycles. The van der Waals surface area contributed by atoms with Crippen molar-refractivity contribution in [3.8, 4) is 0 Å². The summed E-state index contributed by atoms with van der Waals surface area (Å²) in [4.78, 5) is 37.8. The van der Waals surface area contributed by atoms with Gasteiger partial charge in [-0.1, -0.05) is 32.0 Å². The van der Waals surface area contributed by atoms with Crippen molar-refractivity contribution in [2.24, 2.45) is 11.7 Å². The zero-order valence-electron chi connectivity index (χ0n) is 15.9. The summed E-state index contributed by atoms with van der Waals surface area (Å²) >= 11 is 0. The molecule has 0 saturated carbocycles. The lowest BCUT2D eigenvalue weighted by Gasteiger charge is -2.32. The van der Waals surface area contributed by atoms with Gasteiger partial charge in [-0.15, -0.1) is 0 Å². The average Bonchev–Trinajstić information content (AvgIpc) is 2.66. The number of para-hydroxylation sites is 1. The Morgan fingerprint density at radius 3 is 2.37 bits per heavy atom. The van der Waals surface area contributed by atoms with Gasteiger partial charge >= 0.3 is 6.03 Å². The average molecular weight is 375 g/mol. The number of anilines is 1. The fourth-order valence-electron chi connectivity index (χ4n) is 2.82. The molecule has 1 aliphatic heterocycles. The first-order valence-electron chi connectivity index (χ1n) is 9.30. The fourth-order valence-corrected chi connectivity index (χ4v) is 2.82. The van der Waals surface area contributed by atoms with Gasteiger partial charge in [0.1, 0.15) is 0 Å². The van der Waals surface area contributed by atoms with Crippen LogP contribution in [0, 0.1) is 5.92 Å². The Balaban J connectivity index is 1.68. The second kappa shape index (κ2) is 9.91. The van der Waals surface area contributed by atoms with E-state index in [-0.39, 0.29) is 36.3 Å². The number of nitrogens with one attached hydrogen (secondary N) is 3. The standard InChI is InChI=1S/C19H29N5O3/c1-13(2)17(20)18(26)21-12-16(25)22-15-8-10-24(11-9-15)19(27)23-14-6-4-3-5-7-14/h3-7,13,15,17H,8-12,20H2,1-2H3,(H,21,26)(H,22,25)(H,23,27)/t17-/m0/s1. The Kier molecular flexibility index (Phi) is 7.60. The van der Waals surface area contributed by atoms with Gasteiger partial charge in [0.15, 0.2) is 0 Å². The maximum Gasteiger partial charge on any atom is 0.321 e. The lowest BCUT2D eigenvalue weighted by Crippen LogP contribution is -2.51. The first-order chi connectivity index (χ1) is 12.9. The summed E-state index contributed by atoms with van der Waals surface area (Å²) in [5.74, 6) is -0.557. The van der Waals surface area contributed by atoms with E-state index in [1.165, 1.54) is 0 Å². The van der Waals surface area contributed by atoms with Crippen LogP contribution < -0.4 is 21.7 Å². The van der Waals surface area contributed by atoms with Crippen molar-refractivity contribution in [3.05, 3.63) is 30.3 Å². The van der Waals surface area contributed by atoms with Crippen molar-refractivity contribution in [2.75, 3.05) is 25.0 Å². The van der Waals surface area contributed by atoms with Crippen molar-refractivity contribution in [3.63, 3.8) is 0 Å². The van der Waals surface area contributed by atoms with Crippen LogP contribution in [0.5, 0.6) is 0 Å². The molecule has 4 amide bonds. The number of piperidine rings is 1. The van der Waals surface area contributed by atoms with Gasteiger partial charge in [-0.05, 0) is 30.9 Å². The second-order valence-corrected chi connectivity index (χ2v) is 7.11. The number of carbonyl (C=O) groups is 3. The quantitative estimate of drug-likeness (QED) is 0.591. The van der Waals surface area contributed by atoms with E-state index in [0.717, 1.165) is 5.69 Å². The molecular formula is C19H29N5O3. The molecule has 0 spiro atoms. The summed E-state index contributed by atoms with van der Waals surface area (Å²) in [6.07, 6.45) is 1.35. The molecule has 1 fully saturated rings. The molecule has 1 aromatic carbocycles. The lowest BCUT2D eigenvalue weighted by molar-refractivity contribution is -0.127. The Labute approximate surface area is 159 Å². The van der Waals surface area contributed by atoms with Crippen LogP contribution in [0.4, 0.5) is 10.5 Å². The minimum absolute atomic E-state index is 0.00560.